The van der Waals surface area contributed by atoms with Crippen molar-refractivity contribution in [2.75, 3.05) is 24.3 Å². The van der Waals surface area contributed by atoms with E-state index in [0.717, 1.165) is 5.56 Å². The summed E-state index contributed by atoms with van der Waals surface area (Å²) in [5, 5.41) is 3.36. The van der Waals surface area contributed by atoms with Crippen molar-refractivity contribution in [3.05, 3.63) is 78.4 Å². The molecule has 29 heavy (non-hydrogen) atoms. The highest BCUT2D eigenvalue weighted by atomic mass is 19.1. The summed E-state index contributed by atoms with van der Waals surface area (Å²) in [6.45, 7) is 0. The van der Waals surface area contributed by atoms with E-state index in [4.69, 9.17) is 0 Å². The molecule has 0 saturated heterocycles. The molecule has 0 spiro atoms. The number of nitrogens with one attached hydrogen (secondary N) is 1. The van der Waals surface area contributed by atoms with Gasteiger partial charge in [-0.05, 0) is 18.2 Å². The van der Waals surface area contributed by atoms with Gasteiger partial charge in [-0.3, -0.25) is 4.79 Å². The fourth-order valence-electron chi connectivity index (χ4n) is 2.99. The molecule has 2 aromatic heterocycles. The number of rotatable bonds is 4. The molecular weight excluding hydrogens is 369 g/mol. The van der Waals surface area contributed by atoms with Crippen LogP contribution in [0.15, 0.2) is 67.0 Å². The molecule has 0 unspecified atom stereocenters. The van der Waals surface area contributed by atoms with Crippen molar-refractivity contribution in [2.24, 2.45) is 0 Å². The lowest BCUT2D eigenvalue weighted by Crippen LogP contribution is -2.16. The van der Waals surface area contributed by atoms with Gasteiger partial charge in [-0.15, -0.1) is 0 Å². The first-order valence-electron chi connectivity index (χ1n) is 8.98. The lowest BCUT2D eigenvalue weighted by atomic mass is 10.0. The van der Waals surface area contributed by atoms with E-state index < -0.39 is 5.82 Å². The number of carbonyl (C=O) groups is 1. The molecule has 0 aliphatic heterocycles. The summed E-state index contributed by atoms with van der Waals surface area (Å²) in [4.78, 5) is 27.7. The molecule has 1 N–H and O–H groups in total. The molecule has 0 fully saturated rings. The zero-order chi connectivity index (χ0) is 20.4. The Labute approximate surface area is 167 Å². The monoisotopic (exact) mass is 387 g/mol. The number of anilines is 2. The third-order valence-corrected chi connectivity index (χ3v) is 4.44. The van der Waals surface area contributed by atoms with Gasteiger partial charge in [0.25, 0.3) is 5.91 Å². The molecule has 2 aromatic carbocycles. The quantitative estimate of drug-likeness (QED) is 0.570. The zero-order valence-electron chi connectivity index (χ0n) is 15.9. The third kappa shape index (κ3) is 3.89. The van der Waals surface area contributed by atoms with Gasteiger partial charge in [-0.25, -0.2) is 19.3 Å². The first kappa shape index (κ1) is 18.5. The van der Waals surface area contributed by atoms with Crippen molar-refractivity contribution in [1.29, 1.82) is 0 Å². The Hall–Kier alpha value is -3.87. The molecule has 6 nitrogen and oxygen atoms in total. The molecule has 0 aliphatic rings. The first-order chi connectivity index (χ1) is 14.0. The third-order valence-electron chi connectivity index (χ3n) is 4.44. The van der Waals surface area contributed by atoms with Crippen molar-refractivity contribution in [1.82, 2.24) is 15.0 Å². The standard InChI is InChI=1S/C22H18FN5O/c1-28(2)21-12-20(24-13-25-21)27-22(29)17-11-18(14-6-4-3-5-7-14)26-19-10-15(23)8-9-16(17)19/h3-13H,1-2H3,(H,24,25,27,29). The number of hydrogen-bond donors (Lipinski definition) is 1. The number of amides is 1. The molecule has 0 bridgehead atoms. The van der Waals surface area contributed by atoms with Crippen LogP contribution >= 0.6 is 0 Å². The van der Waals surface area contributed by atoms with Crippen molar-refractivity contribution < 1.29 is 9.18 Å². The Morgan fingerprint density at radius 3 is 2.55 bits per heavy atom. The molecule has 4 rings (SSSR count). The Morgan fingerprint density at radius 2 is 1.79 bits per heavy atom. The summed E-state index contributed by atoms with van der Waals surface area (Å²) in [7, 11) is 3.70. The number of halogens is 1. The summed E-state index contributed by atoms with van der Waals surface area (Å²) >= 11 is 0. The fourth-order valence-corrected chi connectivity index (χ4v) is 2.99. The molecule has 0 saturated carbocycles. The molecule has 2 heterocycles. The molecule has 0 atom stereocenters. The molecule has 0 aliphatic carbocycles. The van der Waals surface area contributed by atoms with Gasteiger partial charge in [0.15, 0.2) is 0 Å². The van der Waals surface area contributed by atoms with E-state index in [9.17, 15) is 9.18 Å². The van der Waals surface area contributed by atoms with Gasteiger partial charge in [0.05, 0.1) is 16.8 Å². The summed E-state index contributed by atoms with van der Waals surface area (Å²) in [5.74, 6) is 0.279. The topological polar surface area (TPSA) is 71.0 Å². The average molecular weight is 387 g/mol. The highest BCUT2D eigenvalue weighted by Crippen LogP contribution is 2.26. The Balaban J connectivity index is 1.79. The summed E-state index contributed by atoms with van der Waals surface area (Å²) < 4.78 is 13.8. The predicted molar refractivity (Wildman–Crippen MR) is 111 cm³/mol. The molecular formula is C22H18FN5O. The molecule has 0 radical (unpaired) electrons. The minimum Gasteiger partial charge on any atom is -0.363 e. The van der Waals surface area contributed by atoms with Crippen LogP contribution in [0.25, 0.3) is 22.2 Å². The van der Waals surface area contributed by atoms with Crippen LogP contribution in [0.5, 0.6) is 0 Å². The minimum atomic E-state index is -0.409. The van der Waals surface area contributed by atoms with E-state index in [2.05, 4.69) is 20.3 Å². The Bertz CT molecular complexity index is 1190. The number of fused-ring (bicyclic) bond motifs is 1. The van der Waals surface area contributed by atoms with E-state index >= 15 is 0 Å². The number of benzene rings is 2. The SMILES string of the molecule is CN(C)c1cc(NC(=O)c2cc(-c3ccccc3)nc3cc(F)ccc23)ncn1. The predicted octanol–water partition coefficient (Wildman–Crippen LogP) is 4.15. The van der Waals surface area contributed by atoms with Crippen molar-refractivity contribution in [3.63, 3.8) is 0 Å². The number of nitrogens with zero attached hydrogens (tertiary/aromatic N) is 4. The second kappa shape index (κ2) is 7.63. The first-order valence-corrected chi connectivity index (χ1v) is 8.98. The van der Waals surface area contributed by atoms with Gasteiger partial charge in [0.1, 0.15) is 23.8 Å². The van der Waals surface area contributed by atoms with E-state index in [-0.39, 0.29) is 5.91 Å². The Kier molecular flexibility index (Phi) is 4.87. The highest BCUT2D eigenvalue weighted by molar-refractivity contribution is 6.12. The van der Waals surface area contributed by atoms with Gasteiger partial charge < -0.3 is 10.2 Å². The van der Waals surface area contributed by atoms with Gasteiger partial charge in [0, 0.05) is 37.2 Å². The summed E-state index contributed by atoms with van der Waals surface area (Å²) in [6, 6.07) is 17.0. The maximum atomic E-state index is 13.8. The van der Waals surface area contributed by atoms with Crippen LogP contribution in [0.4, 0.5) is 16.0 Å². The number of pyridine rings is 1. The van der Waals surface area contributed by atoms with Crippen molar-refractivity contribution >= 4 is 28.4 Å². The van der Waals surface area contributed by atoms with E-state index in [1.54, 1.807) is 18.2 Å². The van der Waals surface area contributed by atoms with Crippen LogP contribution in [-0.4, -0.2) is 35.0 Å². The smallest absolute Gasteiger partial charge is 0.257 e. The fraction of sp³-hybridized carbons (Fsp3) is 0.0909. The second-order valence-corrected chi connectivity index (χ2v) is 6.69. The van der Waals surface area contributed by atoms with Gasteiger partial charge >= 0.3 is 0 Å². The Morgan fingerprint density at radius 1 is 1.00 bits per heavy atom. The summed E-state index contributed by atoms with van der Waals surface area (Å²) in [5.41, 5.74) is 2.22. The largest absolute Gasteiger partial charge is 0.363 e. The lowest BCUT2D eigenvalue weighted by Gasteiger charge is -2.13. The lowest BCUT2D eigenvalue weighted by molar-refractivity contribution is 0.102. The van der Waals surface area contributed by atoms with Gasteiger partial charge in [-0.1, -0.05) is 30.3 Å². The normalized spacial score (nSPS) is 10.7. The molecule has 1 amide bonds. The number of aromatic nitrogens is 3. The van der Waals surface area contributed by atoms with Crippen molar-refractivity contribution in [3.8, 4) is 11.3 Å². The van der Waals surface area contributed by atoms with Crippen LogP contribution in [0.1, 0.15) is 10.4 Å². The molecule has 144 valence electrons. The van der Waals surface area contributed by atoms with Crippen LogP contribution in [0.2, 0.25) is 0 Å². The molecule has 7 heteroatoms. The van der Waals surface area contributed by atoms with Crippen LogP contribution in [0.3, 0.4) is 0 Å². The van der Waals surface area contributed by atoms with Gasteiger partial charge in [-0.2, -0.15) is 0 Å². The van der Waals surface area contributed by atoms with Gasteiger partial charge in [0.2, 0.25) is 0 Å². The van der Waals surface area contributed by atoms with Crippen LogP contribution in [0, 0.1) is 5.82 Å². The van der Waals surface area contributed by atoms with Crippen LogP contribution < -0.4 is 10.2 Å². The van der Waals surface area contributed by atoms with E-state index in [0.29, 0.717) is 33.8 Å². The summed E-state index contributed by atoms with van der Waals surface area (Å²) in [6.07, 6.45) is 1.39. The highest BCUT2D eigenvalue weighted by Gasteiger charge is 2.16. The van der Waals surface area contributed by atoms with E-state index in [1.165, 1.54) is 18.5 Å². The van der Waals surface area contributed by atoms with Crippen molar-refractivity contribution in [2.45, 2.75) is 0 Å². The zero-order valence-corrected chi connectivity index (χ0v) is 15.9. The second-order valence-electron chi connectivity index (χ2n) is 6.69. The molecule has 4 aromatic rings. The average Bonchev–Trinajstić information content (AvgIpc) is 2.73. The maximum absolute atomic E-state index is 13.8. The van der Waals surface area contributed by atoms with Crippen LogP contribution in [-0.2, 0) is 0 Å². The maximum Gasteiger partial charge on any atom is 0.257 e. The minimum absolute atomic E-state index is 0.357. The number of carbonyl (C=O) groups excluding carboxylic acids is 1. The van der Waals surface area contributed by atoms with E-state index in [1.807, 2.05) is 49.3 Å². The number of hydrogen-bond acceptors (Lipinski definition) is 5.